The fourth-order valence-electron chi connectivity index (χ4n) is 0.320. The second kappa shape index (κ2) is 4.98. The zero-order chi connectivity index (χ0) is 7.98. The van der Waals surface area contributed by atoms with Crippen molar-refractivity contribution in [2.45, 2.75) is 0 Å². The molecule has 1 aromatic rings. The van der Waals surface area contributed by atoms with Crippen LogP contribution in [0.1, 0.15) is 0 Å². The van der Waals surface area contributed by atoms with Gasteiger partial charge in [-0.2, -0.15) is 0 Å². The second-order valence-electron chi connectivity index (χ2n) is 1.16. The van der Waals surface area contributed by atoms with Crippen molar-refractivity contribution in [2.75, 3.05) is 0 Å². The monoisotopic (exact) mass is 175 g/mol. The quantitative estimate of drug-likeness (QED) is 0.606. The molecular formula is C5H3Cl2N3. The third kappa shape index (κ3) is 3.23. The first-order valence-corrected chi connectivity index (χ1v) is 2.93. The highest BCUT2D eigenvalue weighted by molar-refractivity contribution is 6.32. The van der Waals surface area contributed by atoms with Crippen LogP contribution in [0.25, 0.3) is 0 Å². The predicted octanol–water partition coefficient (Wildman–Crippen LogP) is 1.92. The van der Waals surface area contributed by atoms with Crippen LogP contribution in [0, 0.1) is 11.8 Å². The summed E-state index contributed by atoms with van der Waals surface area (Å²) in [4.78, 5) is 7.30. The summed E-state index contributed by atoms with van der Waals surface area (Å²) in [5.74, 6) is 0. The molecule has 0 bridgehead atoms. The van der Waals surface area contributed by atoms with Crippen LogP contribution in [0.3, 0.4) is 0 Å². The largest absolute Gasteiger partial charge is 0.258 e. The van der Waals surface area contributed by atoms with Crippen molar-refractivity contribution >= 4 is 23.2 Å². The van der Waals surface area contributed by atoms with Gasteiger partial charge in [-0.15, -0.1) is 0 Å². The van der Waals surface area contributed by atoms with Gasteiger partial charge < -0.3 is 0 Å². The van der Waals surface area contributed by atoms with Gasteiger partial charge in [-0.1, -0.05) is 23.2 Å². The van der Waals surface area contributed by atoms with Gasteiger partial charge in [0.05, 0.1) is 12.4 Å². The van der Waals surface area contributed by atoms with E-state index in [-0.39, 0.29) is 0 Å². The maximum absolute atomic E-state index is 6.50. The number of hydrogen-bond donors (Lipinski definition) is 0. The summed E-state index contributed by atoms with van der Waals surface area (Å²) >= 11 is 10.8. The average molecular weight is 176 g/mol. The van der Waals surface area contributed by atoms with Crippen molar-refractivity contribution in [3.05, 3.63) is 22.7 Å². The Morgan fingerprint density at radius 1 is 1.20 bits per heavy atom. The fourth-order valence-corrected chi connectivity index (χ4v) is 0.658. The first kappa shape index (κ1) is 9.15. The third-order valence-corrected chi connectivity index (χ3v) is 0.940. The molecule has 0 aromatic carbocycles. The van der Waals surface area contributed by atoms with E-state index in [1.165, 1.54) is 12.4 Å². The smallest absolute Gasteiger partial charge is 0.149 e. The van der Waals surface area contributed by atoms with Gasteiger partial charge in [-0.05, 0) is 0 Å². The van der Waals surface area contributed by atoms with E-state index in [9.17, 15) is 0 Å². The predicted molar refractivity (Wildman–Crippen MR) is 38.7 cm³/mol. The van der Waals surface area contributed by atoms with Gasteiger partial charge in [0.25, 0.3) is 0 Å². The highest BCUT2D eigenvalue weighted by Crippen LogP contribution is 2.05. The number of nitriles is 1. The lowest BCUT2D eigenvalue weighted by molar-refractivity contribution is 1.20. The molecule has 0 amide bonds. The molecule has 10 heavy (non-hydrogen) atoms. The zero-order valence-electron chi connectivity index (χ0n) is 4.83. The van der Waals surface area contributed by atoms with Crippen LogP contribution in [-0.2, 0) is 0 Å². The molecule has 0 fully saturated rings. The van der Waals surface area contributed by atoms with Gasteiger partial charge in [0, 0.05) is 6.57 Å². The van der Waals surface area contributed by atoms with Crippen molar-refractivity contribution in [1.82, 2.24) is 9.97 Å². The number of rotatable bonds is 0. The van der Waals surface area contributed by atoms with Crippen LogP contribution in [0.2, 0.25) is 10.3 Å². The van der Waals surface area contributed by atoms with Crippen molar-refractivity contribution in [1.29, 1.82) is 5.26 Å². The molecule has 0 spiro atoms. The average Bonchev–Trinajstić information content (AvgIpc) is 1.91. The number of hydrogen-bond acceptors (Lipinski definition) is 3. The molecule has 0 aliphatic carbocycles. The third-order valence-electron chi connectivity index (χ3n) is 0.576. The molecule has 1 aromatic heterocycles. The van der Waals surface area contributed by atoms with Gasteiger partial charge in [0.1, 0.15) is 10.3 Å². The second-order valence-corrected chi connectivity index (χ2v) is 1.94. The summed E-state index contributed by atoms with van der Waals surface area (Å²) in [5.41, 5.74) is 0. The zero-order valence-corrected chi connectivity index (χ0v) is 6.34. The van der Waals surface area contributed by atoms with Gasteiger partial charge in [0.2, 0.25) is 0 Å². The summed E-state index contributed by atoms with van der Waals surface area (Å²) < 4.78 is 0. The fraction of sp³-hybridized carbons (Fsp3) is 0. The first-order chi connectivity index (χ1) is 4.79. The van der Waals surface area contributed by atoms with Gasteiger partial charge in [-0.3, -0.25) is 4.98 Å². The Morgan fingerprint density at radius 3 is 1.80 bits per heavy atom. The summed E-state index contributed by atoms with van der Waals surface area (Å²) in [6.45, 7) is 3.50. The Morgan fingerprint density at radius 2 is 1.60 bits per heavy atom. The maximum atomic E-state index is 6.50. The van der Waals surface area contributed by atoms with E-state index in [1.807, 2.05) is 0 Å². The Kier molecular flexibility index (Phi) is 4.55. The van der Waals surface area contributed by atoms with Crippen LogP contribution in [-0.4, -0.2) is 9.97 Å². The van der Waals surface area contributed by atoms with E-state index in [2.05, 4.69) is 16.5 Å². The molecule has 0 saturated heterocycles. The molecule has 0 aliphatic rings. The van der Waals surface area contributed by atoms with E-state index in [0.717, 1.165) is 0 Å². The van der Waals surface area contributed by atoms with Crippen LogP contribution in [0.4, 0.5) is 0 Å². The van der Waals surface area contributed by atoms with E-state index < -0.39 is 0 Å². The number of halogens is 2. The molecule has 5 heteroatoms. The van der Waals surface area contributed by atoms with Crippen molar-refractivity contribution in [2.24, 2.45) is 0 Å². The number of nitrogens with zero attached hydrogens (tertiary/aromatic N) is 3. The molecule has 1 rings (SSSR count). The topological polar surface area (TPSA) is 49.6 Å². The van der Waals surface area contributed by atoms with E-state index in [0.29, 0.717) is 10.3 Å². The molecular weight excluding hydrogens is 173 g/mol. The molecule has 3 nitrogen and oxygen atoms in total. The van der Waals surface area contributed by atoms with Crippen LogP contribution >= 0.6 is 23.2 Å². The van der Waals surface area contributed by atoms with E-state index in [4.69, 9.17) is 28.5 Å². The maximum Gasteiger partial charge on any atom is 0.149 e. The van der Waals surface area contributed by atoms with Gasteiger partial charge in [0.15, 0.2) is 0 Å². The lowest BCUT2D eigenvalue weighted by Gasteiger charge is -1.85. The number of aromatic nitrogens is 2. The summed E-state index contributed by atoms with van der Waals surface area (Å²) in [5, 5.41) is 7.13. The molecule has 0 unspecified atom stereocenters. The minimum Gasteiger partial charge on any atom is -0.258 e. The van der Waals surface area contributed by atoms with Crippen LogP contribution < -0.4 is 0 Å². The van der Waals surface area contributed by atoms with E-state index >= 15 is 0 Å². The van der Waals surface area contributed by atoms with Gasteiger partial charge >= 0.3 is 0 Å². The van der Waals surface area contributed by atoms with Gasteiger partial charge in [-0.25, -0.2) is 10.2 Å². The minimum absolute atomic E-state index is 0.317. The SMILES string of the molecule is C#N.Clc1cncc(Cl)n1. The molecule has 0 aliphatic heterocycles. The first-order valence-electron chi connectivity index (χ1n) is 2.18. The Bertz CT molecular complexity index is 206. The van der Waals surface area contributed by atoms with E-state index in [1.54, 1.807) is 0 Å². The van der Waals surface area contributed by atoms with Crippen molar-refractivity contribution < 1.29 is 0 Å². The van der Waals surface area contributed by atoms with Crippen LogP contribution in [0.15, 0.2) is 12.4 Å². The summed E-state index contributed by atoms with van der Waals surface area (Å²) in [6.07, 6.45) is 2.85. The summed E-state index contributed by atoms with van der Waals surface area (Å²) in [7, 11) is 0. The van der Waals surface area contributed by atoms with Crippen molar-refractivity contribution in [3.8, 4) is 6.57 Å². The molecule has 0 saturated carbocycles. The normalized spacial score (nSPS) is 7.60. The Balaban J connectivity index is 0.000000371. The Hall–Kier alpha value is -0.850. The summed E-state index contributed by atoms with van der Waals surface area (Å²) in [6, 6.07) is 0. The minimum atomic E-state index is 0.317. The highest BCUT2D eigenvalue weighted by atomic mass is 35.5. The molecule has 0 N–H and O–H groups in total. The highest BCUT2D eigenvalue weighted by Gasteiger charge is 1.87. The van der Waals surface area contributed by atoms with Crippen molar-refractivity contribution in [3.63, 3.8) is 0 Å². The standard InChI is InChI=1S/C4H2Cl2N2.CHN/c5-3-1-7-2-4(6)8-3;1-2/h1-2H;1H. The molecule has 52 valence electrons. The van der Waals surface area contributed by atoms with Crippen LogP contribution in [0.5, 0.6) is 0 Å². The molecule has 1 heterocycles. The molecule has 0 atom stereocenters. The lowest BCUT2D eigenvalue weighted by Crippen LogP contribution is -1.76. The molecule has 0 radical (unpaired) electrons. The lowest BCUT2D eigenvalue weighted by atomic mass is 10.8. The Labute approximate surface area is 68.2 Å².